The van der Waals surface area contributed by atoms with E-state index >= 15 is 0 Å². The Labute approximate surface area is 179 Å². The van der Waals surface area contributed by atoms with Crippen LogP contribution in [-0.4, -0.2) is 71.3 Å². The summed E-state index contributed by atoms with van der Waals surface area (Å²) in [6.45, 7) is -0.814. The number of hydrogen-bond acceptors (Lipinski definition) is 14. The molecule has 0 aromatic carbocycles. The van der Waals surface area contributed by atoms with Crippen molar-refractivity contribution >= 4 is 23.5 Å². The van der Waals surface area contributed by atoms with Crippen LogP contribution in [0.2, 0.25) is 0 Å². The molecule has 0 bridgehead atoms. The lowest BCUT2D eigenvalue weighted by molar-refractivity contribution is -0.0238. The van der Waals surface area contributed by atoms with Gasteiger partial charge >= 0.3 is 29.2 Å². The maximum absolute atomic E-state index is 12.6. The quantitative estimate of drug-likeness (QED) is 0.229. The van der Waals surface area contributed by atoms with Crippen LogP contribution in [0.5, 0.6) is 0 Å². The molecule has 1 saturated heterocycles. The van der Waals surface area contributed by atoms with E-state index in [2.05, 4.69) is 27.2 Å². The van der Waals surface area contributed by atoms with Crippen LogP contribution < -0.4 is 11.2 Å². The maximum atomic E-state index is 12.6. The van der Waals surface area contributed by atoms with Crippen LogP contribution >= 0.6 is 23.5 Å². The van der Waals surface area contributed by atoms with E-state index < -0.39 is 65.7 Å². The molecule has 0 amide bonds. The molecule has 5 N–H and O–H groups in total. The minimum Gasteiger partial charge on any atom is -0.387 e. The molecule has 32 heavy (non-hydrogen) atoms. The number of H-pyrrole nitrogens is 2. The van der Waals surface area contributed by atoms with Gasteiger partial charge in [-0.2, -0.15) is 8.62 Å². The molecule has 2 heterocycles. The molecule has 7 atom stereocenters. The third-order valence-electron chi connectivity index (χ3n) is 3.99. The summed E-state index contributed by atoms with van der Waals surface area (Å²) in [6, 6.07) is 0. The molecular formula is C12H21N2O15P3. The number of aliphatic hydroxyl groups excluding tert-OH is 2. The molecule has 1 aliphatic heterocycles. The summed E-state index contributed by atoms with van der Waals surface area (Å²) in [7, 11) is -12.5. The van der Waals surface area contributed by atoms with Crippen molar-refractivity contribution in [3.05, 3.63) is 32.6 Å². The lowest BCUT2D eigenvalue weighted by atomic mass is 10.0. The average molecular weight is 526 g/mol. The highest BCUT2D eigenvalue weighted by molar-refractivity contribution is 7.67. The fourth-order valence-corrected chi connectivity index (χ4v) is 6.48. The topological polar surface area (TPSA) is 242 Å². The number of hydrogen-bond donors (Lipinski definition) is 5. The SMILES string of the molecule is COP(=O)(O)OP(=O)(OC)OP(=O)(OC)OCC1OC(c2c[nH]c(=O)[nH]c2=O)C(O)C1O. The molecule has 7 unspecified atom stereocenters. The second-order valence-electron chi connectivity index (χ2n) is 5.97. The minimum atomic E-state index is -5.02. The number of aliphatic hydroxyl groups is 2. The van der Waals surface area contributed by atoms with E-state index in [4.69, 9.17) is 9.26 Å². The molecule has 17 nitrogen and oxygen atoms in total. The Morgan fingerprint density at radius 1 is 1.00 bits per heavy atom. The molecule has 1 aromatic heterocycles. The van der Waals surface area contributed by atoms with Gasteiger partial charge in [0.05, 0.1) is 12.2 Å². The van der Waals surface area contributed by atoms with E-state index in [1.165, 1.54) is 0 Å². The van der Waals surface area contributed by atoms with Crippen LogP contribution in [-0.2, 0) is 45.1 Å². The van der Waals surface area contributed by atoms with Gasteiger partial charge < -0.3 is 24.8 Å². The molecule has 20 heteroatoms. The standard InChI is InChI=1S/C12H21N2O15P3/c1-23-30(19,20)28-32(22,25-3)29-31(21,24-2)26-5-7-8(15)9(16)10(27-7)6-4-13-12(18)14-11(6)17/h4,7-10,15-16H,5H2,1-3H3,(H,19,20)(H2,13,14,17,18). The van der Waals surface area contributed by atoms with Crippen molar-refractivity contribution < 1.29 is 60.3 Å². The predicted molar refractivity (Wildman–Crippen MR) is 101 cm³/mol. The summed E-state index contributed by atoms with van der Waals surface area (Å²) in [4.78, 5) is 36.4. The monoisotopic (exact) mass is 526 g/mol. The first-order chi connectivity index (χ1) is 14.8. The lowest BCUT2D eigenvalue weighted by Crippen LogP contribution is -2.34. The molecule has 2 rings (SSSR count). The lowest BCUT2D eigenvalue weighted by Gasteiger charge is -2.23. The Balaban J connectivity index is 2.13. The fourth-order valence-electron chi connectivity index (χ4n) is 2.41. The summed E-state index contributed by atoms with van der Waals surface area (Å²) in [6.07, 6.45) is -5.18. The van der Waals surface area contributed by atoms with E-state index in [1.807, 2.05) is 4.98 Å². The van der Waals surface area contributed by atoms with Crippen molar-refractivity contribution in [2.75, 3.05) is 27.9 Å². The smallest absolute Gasteiger partial charge is 0.387 e. The highest BCUT2D eigenvalue weighted by Gasteiger charge is 2.48. The van der Waals surface area contributed by atoms with E-state index in [0.29, 0.717) is 0 Å². The summed E-state index contributed by atoms with van der Waals surface area (Å²) in [5, 5.41) is 20.3. The van der Waals surface area contributed by atoms with Crippen LogP contribution in [0.3, 0.4) is 0 Å². The Hall–Kier alpha value is -1.03. The molecule has 0 spiro atoms. The highest BCUT2D eigenvalue weighted by atomic mass is 31.3. The van der Waals surface area contributed by atoms with Crippen LogP contribution in [0.25, 0.3) is 0 Å². The van der Waals surface area contributed by atoms with Gasteiger partial charge in [0.25, 0.3) is 5.56 Å². The van der Waals surface area contributed by atoms with Crippen molar-refractivity contribution in [1.82, 2.24) is 9.97 Å². The van der Waals surface area contributed by atoms with Crippen molar-refractivity contribution in [1.29, 1.82) is 0 Å². The average Bonchev–Trinajstić information content (AvgIpc) is 3.00. The number of phosphoric ester groups is 2. The van der Waals surface area contributed by atoms with Gasteiger partial charge in [0.1, 0.15) is 24.4 Å². The number of aromatic amines is 2. The molecule has 184 valence electrons. The second-order valence-corrected chi connectivity index (χ2v) is 11.4. The normalized spacial score (nSPS) is 29.2. The Morgan fingerprint density at radius 3 is 2.16 bits per heavy atom. The Morgan fingerprint density at radius 2 is 1.62 bits per heavy atom. The summed E-state index contributed by atoms with van der Waals surface area (Å²) < 4.78 is 68.4. The molecule has 1 aliphatic rings. The van der Waals surface area contributed by atoms with Crippen LogP contribution in [0, 0.1) is 0 Å². The Bertz CT molecular complexity index is 1050. The number of nitrogens with one attached hydrogen (secondary N) is 2. The molecule has 1 aromatic rings. The molecule has 0 radical (unpaired) electrons. The van der Waals surface area contributed by atoms with Gasteiger partial charge in [0, 0.05) is 27.5 Å². The summed E-state index contributed by atoms with van der Waals surface area (Å²) >= 11 is 0. The first-order valence-electron chi connectivity index (χ1n) is 8.39. The van der Waals surface area contributed by atoms with Gasteiger partial charge in [-0.3, -0.25) is 27.9 Å². The van der Waals surface area contributed by atoms with E-state index in [9.17, 15) is 38.4 Å². The van der Waals surface area contributed by atoms with Crippen molar-refractivity contribution in [3.63, 3.8) is 0 Å². The van der Waals surface area contributed by atoms with E-state index in [1.54, 1.807) is 0 Å². The Kier molecular flexibility index (Phi) is 8.92. The number of aromatic nitrogens is 2. The predicted octanol–water partition coefficient (Wildman–Crippen LogP) is -0.470. The summed E-state index contributed by atoms with van der Waals surface area (Å²) in [5.74, 6) is 0. The van der Waals surface area contributed by atoms with Crippen molar-refractivity contribution in [2.45, 2.75) is 24.4 Å². The van der Waals surface area contributed by atoms with Crippen LogP contribution in [0.1, 0.15) is 11.7 Å². The minimum absolute atomic E-state index is 0.222. The highest BCUT2D eigenvalue weighted by Crippen LogP contribution is 2.71. The number of rotatable bonds is 11. The van der Waals surface area contributed by atoms with Gasteiger partial charge in [0.2, 0.25) is 0 Å². The largest absolute Gasteiger partial charge is 0.492 e. The van der Waals surface area contributed by atoms with E-state index in [0.717, 1.165) is 27.5 Å². The van der Waals surface area contributed by atoms with Gasteiger partial charge in [-0.05, 0) is 0 Å². The molecule has 0 aliphatic carbocycles. The number of phosphoric acid groups is 3. The second kappa shape index (κ2) is 10.5. The molecule has 0 saturated carbocycles. The van der Waals surface area contributed by atoms with Gasteiger partial charge in [-0.25, -0.2) is 18.5 Å². The van der Waals surface area contributed by atoms with Crippen LogP contribution in [0.4, 0.5) is 0 Å². The van der Waals surface area contributed by atoms with Crippen molar-refractivity contribution in [3.8, 4) is 0 Å². The van der Waals surface area contributed by atoms with E-state index in [-0.39, 0.29) is 5.56 Å². The zero-order chi connectivity index (χ0) is 24.3. The third-order valence-corrected chi connectivity index (χ3v) is 9.04. The fraction of sp³-hybridized carbons (Fsp3) is 0.667. The third kappa shape index (κ3) is 6.52. The first kappa shape index (κ1) is 27.2. The molecule has 1 fully saturated rings. The molecular weight excluding hydrogens is 505 g/mol. The maximum Gasteiger partial charge on any atom is 0.492 e. The van der Waals surface area contributed by atoms with Gasteiger partial charge in [-0.15, -0.1) is 0 Å². The van der Waals surface area contributed by atoms with Crippen molar-refractivity contribution in [2.24, 2.45) is 0 Å². The number of ether oxygens (including phenoxy) is 1. The van der Waals surface area contributed by atoms with Gasteiger partial charge in [-0.1, -0.05) is 0 Å². The first-order valence-corrected chi connectivity index (χ1v) is 12.8. The zero-order valence-corrected chi connectivity index (χ0v) is 19.4. The van der Waals surface area contributed by atoms with Crippen LogP contribution in [0.15, 0.2) is 15.8 Å². The zero-order valence-electron chi connectivity index (χ0n) is 16.7. The van der Waals surface area contributed by atoms with Gasteiger partial charge in [0.15, 0.2) is 0 Å². The summed E-state index contributed by atoms with van der Waals surface area (Å²) in [5.41, 5.74) is -1.92.